The third kappa shape index (κ3) is 3.41. The van der Waals surface area contributed by atoms with Crippen LogP contribution in [-0.4, -0.2) is 64.3 Å². The van der Waals surface area contributed by atoms with Crippen LogP contribution in [0.5, 0.6) is 0 Å². The second kappa shape index (κ2) is 6.60. The van der Waals surface area contributed by atoms with E-state index in [1.54, 1.807) is 4.90 Å². The quantitative estimate of drug-likeness (QED) is 0.850. The molecule has 0 aliphatic carbocycles. The first-order valence-corrected chi connectivity index (χ1v) is 8.16. The second-order valence-electron chi connectivity index (χ2n) is 6.41. The van der Waals surface area contributed by atoms with Crippen molar-refractivity contribution < 1.29 is 9.59 Å². The molecule has 1 fully saturated rings. The summed E-state index contributed by atoms with van der Waals surface area (Å²) in [5.74, 6) is 0.568. The molecular formula is C17H23N5O2. The number of hydrogen-bond donors (Lipinski definition) is 2. The number of imidazole rings is 1. The van der Waals surface area contributed by atoms with E-state index in [0.29, 0.717) is 32.5 Å². The van der Waals surface area contributed by atoms with Gasteiger partial charge in [0.1, 0.15) is 11.9 Å². The van der Waals surface area contributed by atoms with E-state index in [1.165, 1.54) is 0 Å². The normalized spacial score (nSPS) is 18.9. The molecule has 3 rings (SSSR count). The van der Waals surface area contributed by atoms with Crippen LogP contribution in [0.2, 0.25) is 0 Å². The zero-order valence-electron chi connectivity index (χ0n) is 14.1. The smallest absolute Gasteiger partial charge is 0.236 e. The molecule has 0 spiro atoms. The molecule has 24 heavy (non-hydrogen) atoms. The Morgan fingerprint density at radius 1 is 1.38 bits per heavy atom. The number of likely N-dealkylation sites (N-methyl/N-ethyl adjacent to an activating group) is 1. The van der Waals surface area contributed by atoms with Crippen molar-refractivity contribution in [2.75, 3.05) is 26.7 Å². The first kappa shape index (κ1) is 16.4. The number of carbonyl (C=O) groups excluding carboxylic acids is 2. The van der Waals surface area contributed by atoms with Crippen LogP contribution >= 0.6 is 0 Å². The lowest BCUT2D eigenvalue weighted by atomic mass is 10.1. The zero-order valence-corrected chi connectivity index (χ0v) is 14.1. The van der Waals surface area contributed by atoms with Crippen molar-refractivity contribution in [1.82, 2.24) is 19.8 Å². The van der Waals surface area contributed by atoms with Gasteiger partial charge in [0.2, 0.25) is 11.8 Å². The highest BCUT2D eigenvalue weighted by Gasteiger charge is 2.30. The van der Waals surface area contributed by atoms with Crippen LogP contribution in [0, 0.1) is 6.92 Å². The number of carbonyl (C=O) groups is 2. The number of nitrogens with zero attached hydrogens (tertiary/aromatic N) is 3. The van der Waals surface area contributed by atoms with E-state index in [2.05, 4.69) is 9.97 Å². The van der Waals surface area contributed by atoms with E-state index in [0.717, 1.165) is 22.4 Å². The maximum absolute atomic E-state index is 12.4. The average Bonchev–Trinajstić information content (AvgIpc) is 2.92. The molecule has 1 aromatic carbocycles. The van der Waals surface area contributed by atoms with Crippen LogP contribution < -0.4 is 5.73 Å². The highest BCUT2D eigenvalue weighted by Crippen LogP contribution is 2.16. The van der Waals surface area contributed by atoms with Crippen LogP contribution in [0.1, 0.15) is 17.8 Å². The number of piperazine rings is 1. The van der Waals surface area contributed by atoms with Gasteiger partial charge in [-0.1, -0.05) is 6.07 Å². The van der Waals surface area contributed by atoms with Gasteiger partial charge in [-0.2, -0.15) is 0 Å². The minimum atomic E-state index is -0.396. The SMILES string of the molecule is Cc1nc2ccc(CCC(=O)N3CCN(C)[C@H](C(N)=O)C3)cc2[nH]1. The number of rotatable bonds is 4. The number of benzene rings is 1. The van der Waals surface area contributed by atoms with Crippen molar-refractivity contribution in [1.29, 1.82) is 0 Å². The number of aryl methyl sites for hydroxylation is 2. The summed E-state index contributed by atoms with van der Waals surface area (Å²) in [5.41, 5.74) is 8.44. The Balaban J connectivity index is 1.60. The first-order chi connectivity index (χ1) is 11.4. The van der Waals surface area contributed by atoms with Gasteiger partial charge in [0.05, 0.1) is 11.0 Å². The van der Waals surface area contributed by atoms with Gasteiger partial charge in [0.15, 0.2) is 0 Å². The lowest BCUT2D eigenvalue weighted by Crippen LogP contribution is -2.57. The Bertz CT molecular complexity index is 769. The van der Waals surface area contributed by atoms with E-state index in [1.807, 2.05) is 37.1 Å². The maximum Gasteiger partial charge on any atom is 0.236 e. The first-order valence-electron chi connectivity index (χ1n) is 8.16. The van der Waals surface area contributed by atoms with Gasteiger partial charge in [-0.25, -0.2) is 4.98 Å². The molecule has 0 unspecified atom stereocenters. The van der Waals surface area contributed by atoms with Gasteiger partial charge >= 0.3 is 0 Å². The molecule has 7 heteroatoms. The minimum absolute atomic E-state index is 0.0650. The number of amides is 2. The fourth-order valence-corrected chi connectivity index (χ4v) is 3.16. The van der Waals surface area contributed by atoms with Crippen LogP contribution in [0.25, 0.3) is 11.0 Å². The molecule has 0 radical (unpaired) electrons. The molecule has 1 aliphatic rings. The van der Waals surface area contributed by atoms with Crippen molar-refractivity contribution in [3.63, 3.8) is 0 Å². The maximum atomic E-state index is 12.4. The number of H-pyrrole nitrogens is 1. The van der Waals surface area contributed by atoms with E-state index in [9.17, 15) is 9.59 Å². The number of nitrogens with one attached hydrogen (secondary N) is 1. The third-order valence-electron chi connectivity index (χ3n) is 4.62. The summed E-state index contributed by atoms with van der Waals surface area (Å²) in [7, 11) is 1.86. The number of fused-ring (bicyclic) bond motifs is 1. The van der Waals surface area contributed by atoms with Gasteiger partial charge in [-0.05, 0) is 38.1 Å². The standard InChI is InChI=1S/C17H23N5O2/c1-11-19-13-5-3-12(9-14(13)20-11)4-6-16(23)22-8-7-21(2)15(10-22)17(18)24/h3,5,9,15H,4,6-8,10H2,1-2H3,(H2,18,24)(H,19,20)/t15-/m0/s1. The topological polar surface area (TPSA) is 95.3 Å². The molecule has 2 amide bonds. The predicted molar refractivity (Wildman–Crippen MR) is 91.3 cm³/mol. The van der Waals surface area contributed by atoms with Gasteiger partial charge in [-0.15, -0.1) is 0 Å². The zero-order chi connectivity index (χ0) is 17.3. The third-order valence-corrected chi connectivity index (χ3v) is 4.62. The number of aromatic amines is 1. The molecule has 7 nitrogen and oxygen atoms in total. The lowest BCUT2D eigenvalue weighted by Gasteiger charge is -2.37. The number of hydrogen-bond acceptors (Lipinski definition) is 4. The molecule has 0 saturated carbocycles. The monoisotopic (exact) mass is 329 g/mol. The molecular weight excluding hydrogens is 306 g/mol. The van der Waals surface area contributed by atoms with Crippen molar-refractivity contribution >= 4 is 22.8 Å². The number of aromatic nitrogens is 2. The van der Waals surface area contributed by atoms with Crippen molar-refractivity contribution in [3.8, 4) is 0 Å². The van der Waals surface area contributed by atoms with E-state index in [-0.39, 0.29) is 11.8 Å². The molecule has 2 aromatic rings. The van der Waals surface area contributed by atoms with E-state index >= 15 is 0 Å². The average molecular weight is 329 g/mol. The van der Waals surface area contributed by atoms with Crippen LogP contribution in [-0.2, 0) is 16.0 Å². The van der Waals surface area contributed by atoms with Crippen LogP contribution in [0.4, 0.5) is 0 Å². The minimum Gasteiger partial charge on any atom is -0.368 e. The Kier molecular flexibility index (Phi) is 4.53. The Hall–Kier alpha value is -2.41. The molecule has 2 heterocycles. The highest BCUT2D eigenvalue weighted by atomic mass is 16.2. The number of primary amides is 1. The molecule has 0 bridgehead atoms. The van der Waals surface area contributed by atoms with Gasteiger partial charge in [-0.3, -0.25) is 14.5 Å². The molecule has 3 N–H and O–H groups in total. The van der Waals surface area contributed by atoms with Gasteiger partial charge in [0.25, 0.3) is 0 Å². The number of nitrogens with two attached hydrogens (primary N) is 1. The summed E-state index contributed by atoms with van der Waals surface area (Å²) in [6.07, 6.45) is 1.09. The summed E-state index contributed by atoms with van der Waals surface area (Å²) >= 11 is 0. The molecule has 128 valence electrons. The fraction of sp³-hybridized carbons (Fsp3) is 0.471. The van der Waals surface area contributed by atoms with E-state index < -0.39 is 6.04 Å². The van der Waals surface area contributed by atoms with Crippen molar-refractivity contribution in [3.05, 3.63) is 29.6 Å². The molecule has 1 aliphatic heterocycles. The Morgan fingerprint density at radius 3 is 2.92 bits per heavy atom. The van der Waals surface area contributed by atoms with E-state index in [4.69, 9.17) is 5.73 Å². The summed E-state index contributed by atoms with van der Waals surface area (Å²) in [4.78, 5) is 35.2. The largest absolute Gasteiger partial charge is 0.368 e. The Morgan fingerprint density at radius 2 is 2.17 bits per heavy atom. The second-order valence-corrected chi connectivity index (χ2v) is 6.41. The summed E-state index contributed by atoms with van der Waals surface area (Å²) in [5, 5.41) is 0. The van der Waals surface area contributed by atoms with Gasteiger partial charge in [0, 0.05) is 26.1 Å². The molecule has 1 aromatic heterocycles. The van der Waals surface area contributed by atoms with Crippen molar-refractivity contribution in [2.45, 2.75) is 25.8 Å². The Labute approximate surface area is 140 Å². The fourth-order valence-electron chi connectivity index (χ4n) is 3.16. The highest BCUT2D eigenvalue weighted by molar-refractivity contribution is 5.82. The summed E-state index contributed by atoms with van der Waals surface area (Å²) in [6.45, 7) is 3.60. The predicted octanol–water partition coefficient (Wildman–Crippen LogP) is 0.432. The van der Waals surface area contributed by atoms with Gasteiger partial charge < -0.3 is 15.6 Å². The van der Waals surface area contributed by atoms with Crippen LogP contribution in [0.3, 0.4) is 0 Å². The van der Waals surface area contributed by atoms with Crippen molar-refractivity contribution in [2.24, 2.45) is 5.73 Å². The molecule has 1 atom stereocenters. The summed E-state index contributed by atoms with van der Waals surface area (Å²) < 4.78 is 0. The lowest BCUT2D eigenvalue weighted by molar-refractivity contribution is -0.136. The summed E-state index contributed by atoms with van der Waals surface area (Å²) in [6, 6.07) is 5.62. The van der Waals surface area contributed by atoms with Crippen LogP contribution in [0.15, 0.2) is 18.2 Å². The molecule has 1 saturated heterocycles.